The van der Waals surface area contributed by atoms with E-state index in [9.17, 15) is 9.59 Å². The van der Waals surface area contributed by atoms with Crippen LogP contribution in [0.2, 0.25) is 0 Å². The first-order chi connectivity index (χ1) is 6.95. The van der Waals surface area contributed by atoms with Gasteiger partial charge in [-0.1, -0.05) is 27.2 Å². The summed E-state index contributed by atoms with van der Waals surface area (Å²) < 4.78 is 0. The van der Waals surface area contributed by atoms with Crippen LogP contribution in [0.3, 0.4) is 0 Å². The first-order valence-corrected chi connectivity index (χ1v) is 5.40. The molecule has 0 bridgehead atoms. The number of carbonyl (C=O) groups is 2. The summed E-state index contributed by atoms with van der Waals surface area (Å²) in [5, 5.41) is 18.0. The summed E-state index contributed by atoms with van der Waals surface area (Å²) in [5.74, 6) is -3.73. The minimum absolute atomic E-state index is 0.584. The molecule has 0 aliphatic heterocycles. The maximum atomic E-state index is 11.0. The SMILES string of the molecule is CCCC(CC)(CC)C(C(=O)O)C(=O)O. The van der Waals surface area contributed by atoms with Crippen LogP contribution in [0.5, 0.6) is 0 Å². The molecule has 0 saturated carbocycles. The second-order valence-corrected chi connectivity index (χ2v) is 3.93. The number of aliphatic carboxylic acids is 2. The van der Waals surface area contributed by atoms with Gasteiger partial charge in [-0.05, 0) is 24.7 Å². The summed E-state index contributed by atoms with van der Waals surface area (Å²) >= 11 is 0. The molecule has 0 atom stereocenters. The third-order valence-electron chi connectivity index (χ3n) is 3.26. The van der Waals surface area contributed by atoms with Gasteiger partial charge in [0.2, 0.25) is 0 Å². The molecule has 0 rings (SSSR count). The smallest absolute Gasteiger partial charge is 0.318 e. The molecule has 0 saturated heterocycles. The molecule has 0 aliphatic rings. The van der Waals surface area contributed by atoms with Crippen molar-refractivity contribution in [2.45, 2.75) is 46.5 Å². The van der Waals surface area contributed by atoms with Crippen molar-refractivity contribution in [3.8, 4) is 0 Å². The van der Waals surface area contributed by atoms with E-state index < -0.39 is 23.3 Å². The third kappa shape index (κ3) is 2.94. The van der Waals surface area contributed by atoms with Gasteiger partial charge >= 0.3 is 11.9 Å². The standard InChI is InChI=1S/C11H20O4/c1-4-7-11(5-2,6-3)8(9(12)13)10(14)15/h8H,4-7H2,1-3H3,(H,12,13)(H,14,15). The van der Waals surface area contributed by atoms with E-state index in [1.54, 1.807) is 0 Å². The molecule has 0 aliphatic carbocycles. The first-order valence-electron chi connectivity index (χ1n) is 5.40. The lowest BCUT2D eigenvalue weighted by atomic mass is 9.68. The van der Waals surface area contributed by atoms with E-state index in [1.165, 1.54) is 0 Å². The lowest BCUT2D eigenvalue weighted by molar-refractivity contribution is -0.162. The largest absolute Gasteiger partial charge is 0.481 e. The van der Waals surface area contributed by atoms with Gasteiger partial charge in [-0.2, -0.15) is 0 Å². The Hall–Kier alpha value is -1.06. The van der Waals surface area contributed by atoms with Crippen LogP contribution in [-0.4, -0.2) is 22.2 Å². The van der Waals surface area contributed by atoms with Crippen molar-refractivity contribution < 1.29 is 19.8 Å². The molecule has 0 fully saturated rings. The summed E-state index contributed by atoms with van der Waals surface area (Å²) in [6.07, 6.45) is 2.61. The molecule has 0 heterocycles. The Morgan fingerprint density at radius 2 is 1.47 bits per heavy atom. The highest BCUT2D eigenvalue weighted by Gasteiger charge is 2.44. The van der Waals surface area contributed by atoms with Crippen molar-refractivity contribution in [2.75, 3.05) is 0 Å². The molecule has 15 heavy (non-hydrogen) atoms. The van der Waals surface area contributed by atoms with Crippen molar-refractivity contribution in [3.05, 3.63) is 0 Å². The molecule has 0 unspecified atom stereocenters. The number of carboxylic acids is 2. The Morgan fingerprint density at radius 3 is 1.67 bits per heavy atom. The van der Waals surface area contributed by atoms with E-state index in [0.29, 0.717) is 19.3 Å². The fraction of sp³-hybridized carbons (Fsp3) is 0.818. The van der Waals surface area contributed by atoms with E-state index in [4.69, 9.17) is 10.2 Å². The Labute approximate surface area is 90.3 Å². The number of carboxylic acid groups (broad SMARTS) is 2. The maximum absolute atomic E-state index is 11.0. The molecule has 4 nitrogen and oxygen atoms in total. The fourth-order valence-electron chi connectivity index (χ4n) is 2.28. The minimum Gasteiger partial charge on any atom is -0.481 e. The topological polar surface area (TPSA) is 74.6 Å². The second-order valence-electron chi connectivity index (χ2n) is 3.93. The monoisotopic (exact) mass is 216 g/mol. The number of rotatable bonds is 7. The van der Waals surface area contributed by atoms with E-state index in [-0.39, 0.29) is 0 Å². The number of hydrogen-bond donors (Lipinski definition) is 2. The van der Waals surface area contributed by atoms with Crippen LogP contribution in [0.15, 0.2) is 0 Å². The van der Waals surface area contributed by atoms with Gasteiger partial charge in [-0.25, -0.2) is 0 Å². The van der Waals surface area contributed by atoms with Crippen molar-refractivity contribution >= 4 is 11.9 Å². The maximum Gasteiger partial charge on any atom is 0.318 e. The number of hydrogen-bond acceptors (Lipinski definition) is 2. The van der Waals surface area contributed by atoms with Gasteiger partial charge in [0.15, 0.2) is 5.92 Å². The van der Waals surface area contributed by atoms with Gasteiger partial charge in [-0.15, -0.1) is 0 Å². The molecule has 2 N–H and O–H groups in total. The van der Waals surface area contributed by atoms with Crippen LogP contribution >= 0.6 is 0 Å². The lowest BCUT2D eigenvalue weighted by Gasteiger charge is -2.34. The van der Waals surface area contributed by atoms with Crippen molar-refractivity contribution in [1.29, 1.82) is 0 Å². The Balaban J connectivity index is 5.15. The molecule has 0 amide bonds. The summed E-state index contributed by atoms with van der Waals surface area (Å²) in [4.78, 5) is 22.0. The molecular formula is C11H20O4. The molecule has 88 valence electrons. The summed E-state index contributed by atoms with van der Waals surface area (Å²) in [6.45, 7) is 5.66. The van der Waals surface area contributed by atoms with Gasteiger partial charge in [0.25, 0.3) is 0 Å². The van der Waals surface area contributed by atoms with Crippen LogP contribution in [-0.2, 0) is 9.59 Å². The highest BCUT2D eigenvalue weighted by molar-refractivity contribution is 5.93. The molecule has 4 heteroatoms. The zero-order chi connectivity index (χ0) is 12.1. The van der Waals surface area contributed by atoms with E-state index in [2.05, 4.69) is 0 Å². The van der Waals surface area contributed by atoms with Crippen LogP contribution in [0.4, 0.5) is 0 Å². The van der Waals surface area contributed by atoms with E-state index >= 15 is 0 Å². The molecule has 0 aromatic heterocycles. The Bertz CT molecular complexity index is 217. The van der Waals surface area contributed by atoms with E-state index in [1.807, 2.05) is 20.8 Å². The van der Waals surface area contributed by atoms with Gasteiger partial charge < -0.3 is 10.2 Å². The lowest BCUT2D eigenvalue weighted by Crippen LogP contribution is -2.40. The van der Waals surface area contributed by atoms with Crippen LogP contribution < -0.4 is 0 Å². The van der Waals surface area contributed by atoms with Crippen LogP contribution in [0.25, 0.3) is 0 Å². The predicted molar refractivity (Wildman–Crippen MR) is 56.7 cm³/mol. The Morgan fingerprint density at radius 1 is 1.07 bits per heavy atom. The predicted octanol–water partition coefficient (Wildman–Crippen LogP) is 2.38. The van der Waals surface area contributed by atoms with Crippen molar-refractivity contribution in [2.24, 2.45) is 11.3 Å². The highest BCUT2D eigenvalue weighted by Crippen LogP contribution is 2.40. The fourth-order valence-corrected chi connectivity index (χ4v) is 2.28. The average Bonchev–Trinajstić information content (AvgIpc) is 2.15. The molecule has 0 radical (unpaired) electrons. The molecule has 0 spiro atoms. The normalized spacial score (nSPS) is 11.7. The molecular weight excluding hydrogens is 196 g/mol. The zero-order valence-electron chi connectivity index (χ0n) is 9.62. The quantitative estimate of drug-likeness (QED) is 0.641. The molecule has 0 aromatic carbocycles. The van der Waals surface area contributed by atoms with Crippen molar-refractivity contribution in [3.63, 3.8) is 0 Å². The summed E-state index contributed by atoms with van der Waals surface area (Å²) in [5.41, 5.74) is -0.605. The van der Waals surface area contributed by atoms with Crippen LogP contribution in [0, 0.1) is 11.3 Å². The minimum atomic E-state index is -1.28. The summed E-state index contributed by atoms with van der Waals surface area (Å²) in [6, 6.07) is 0. The first kappa shape index (κ1) is 13.9. The summed E-state index contributed by atoms with van der Waals surface area (Å²) in [7, 11) is 0. The van der Waals surface area contributed by atoms with Crippen molar-refractivity contribution in [1.82, 2.24) is 0 Å². The average molecular weight is 216 g/mol. The zero-order valence-corrected chi connectivity index (χ0v) is 9.62. The van der Waals surface area contributed by atoms with Gasteiger partial charge in [-0.3, -0.25) is 9.59 Å². The van der Waals surface area contributed by atoms with Gasteiger partial charge in [0.1, 0.15) is 0 Å². The van der Waals surface area contributed by atoms with Gasteiger partial charge in [0, 0.05) is 0 Å². The van der Waals surface area contributed by atoms with Crippen LogP contribution in [0.1, 0.15) is 46.5 Å². The Kier molecular flexibility index (Phi) is 5.33. The molecule has 0 aromatic rings. The highest BCUT2D eigenvalue weighted by atomic mass is 16.4. The second kappa shape index (κ2) is 5.73. The third-order valence-corrected chi connectivity index (χ3v) is 3.26. The van der Waals surface area contributed by atoms with Gasteiger partial charge in [0.05, 0.1) is 0 Å². The van der Waals surface area contributed by atoms with E-state index in [0.717, 1.165) is 6.42 Å².